The van der Waals surface area contributed by atoms with E-state index in [-0.39, 0.29) is 0 Å². The summed E-state index contributed by atoms with van der Waals surface area (Å²) in [5.74, 6) is 0. The lowest BCUT2D eigenvalue weighted by Gasteiger charge is -2.06. The standard InChI is InChI=1S/C11H13NO2/c13-14-12-11-7-6-9-4-2-1-3-5-10(9)8-11/h3,5-8,12-13H,1-2,4H2. The van der Waals surface area contributed by atoms with Crippen LogP contribution in [0.15, 0.2) is 24.3 Å². The largest absolute Gasteiger partial charge is 0.235 e. The molecule has 0 aromatic heterocycles. The van der Waals surface area contributed by atoms with E-state index in [1.807, 2.05) is 12.1 Å². The van der Waals surface area contributed by atoms with Gasteiger partial charge in [-0.1, -0.05) is 18.2 Å². The zero-order valence-corrected chi connectivity index (χ0v) is 7.86. The van der Waals surface area contributed by atoms with E-state index in [0.29, 0.717) is 0 Å². The van der Waals surface area contributed by atoms with Crippen LogP contribution in [0, 0.1) is 0 Å². The molecule has 0 amide bonds. The molecule has 1 aromatic rings. The number of fused-ring (bicyclic) bond motifs is 1. The number of allylic oxidation sites excluding steroid dienone is 1. The summed E-state index contributed by atoms with van der Waals surface area (Å²) < 4.78 is 0. The van der Waals surface area contributed by atoms with Gasteiger partial charge < -0.3 is 0 Å². The van der Waals surface area contributed by atoms with E-state index in [4.69, 9.17) is 5.26 Å². The minimum Gasteiger partial charge on any atom is -0.235 e. The molecular formula is C11H13NO2. The topological polar surface area (TPSA) is 41.5 Å². The predicted octanol–water partition coefficient (Wildman–Crippen LogP) is 2.85. The predicted molar refractivity (Wildman–Crippen MR) is 55.8 cm³/mol. The molecular weight excluding hydrogens is 178 g/mol. The first-order chi connectivity index (χ1) is 6.90. The zero-order chi connectivity index (χ0) is 9.80. The summed E-state index contributed by atoms with van der Waals surface area (Å²) in [4.78, 5) is 3.88. The molecule has 0 saturated heterocycles. The molecule has 0 heterocycles. The average molecular weight is 191 g/mol. The van der Waals surface area contributed by atoms with E-state index in [9.17, 15) is 0 Å². The number of hydrogen-bond donors (Lipinski definition) is 2. The molecule has 1 aromatic carbocycles. The Balaban J connectivity index is 2.31. The third kappa shape index (κ3) is 1.95. The van der Waals surface area contributed by atoms with Crippen molar-refractivity contribution in [2.24, 2.45) is 0 Å². The van der Waals surface area contributed by atoms with E-state index in [1.165, 1.54) is 17.5 Å². The second kappa shape index (κ2) is 4.26. The molecule has 0 bridgehead atoms. The molecule has 2 rings (SSSR count). The van der Waals surface area contributed by atoms with Gasteiger partial charge in [0.2, 0.25) is 0 Å². The highest BCUT2D eigenvalue weighted by atomic mass is 17.2. The minimum atomic E-state index is 0.762. The van der Waals surface area contributed by atoms with Crippen molar-refractivity contribution in [3.8, 4) is 0 Å². The number of aryl methyl sites for hydroxylation is 1. The van der Waals surface area contributed by atoms with Gasteiger partial charge in [0.1, 0.15) is 0 Å². The first-order valence-electron chi connectivity index (χ1n) is 4.76. The lowest BCUT2D eigenvalue weighted by Crippen LogP contribution is -1.97. The normalized spacial score (nSPS) is 14.6. The molecule has 0 atom stereocenters. The van der Waals surface area contributed by atoms with Crippen molar-refractivity contribution >= 4 is 11.8 Å². The summed E-state index contributed by atoms with van der Waals surface area (Å²) in [5.41, 5.74) is 5.71. The highest BCUT2D eigenvalue weighted by Crippen LogP contribution is 2.22. The van der Waals surface area contributed by atoms with Crippen molar-refractivity contribution in [2.75, 3.05) is 5.48 Å². The van der Waals surface area contributed by atoms with Crippen molar-refractivity contribution in [3.63, 3.8) is 0 Å². The van der Waals surface area contributed by atoms with Gasteiger partial charge in [-0.2, -0.15) is 0 Å². The molecule has 0 aliphatic heterocycles. The number of rotatable bonds is 2. The van der Waals surface area contributed by atoms with Crippen molar-refractivity contribution in [3.05, 3.63) is 35.4 Å². The number of benzene rings is 1. The van der Waals surface area contributed by atoms with Crippen LogP contribution in [0.1, 0.15) is 24.0 Å². The fourth-order valence-corrected chi connectivity index (χ4v) is 1.71. The first kappa shape index (κ1) is 9.24. The molecule has 14 heavy (non-hydrogen) atoms. The van der Waals surface area contributed by atoms with Gasteiger partial charge in [0, 0.05) is 0 Å². The molecule has 3 heteroatoms. The van der Waals surface area contributed by atoms with Crippen LogP contribution in [-0.2, 0) is 11.4 Å². The van der Waals surface area contributed by atoms with Gasteiger partial charge in [0.15, 0.2) is 0 Å². The fraction of sp³-hybridized carbons (Fsp3) is 0.273. The Kier molecular flexibility index (Phi) is 2.81. The molecule has 2 N–H and O–H groups in total. The van der Waals surface area contributed by atoms with E-state index in [0.717, 1.165) is 18.5 Å². The molecule has 0 unspecified atom stereocenters. The third-order valence-corrected chi connectivity index (χ3v) is 2.42. The smallest absolute Gasteiger partial charge is 0.0640 e. The van der Waals surface area contributed by atoms with Crippen LogP contribution < -0.4 is 5.48 Å². The van der Waals surface area contributed by atoms with E-state index in [2.05, 4.69) is 28.7 Å². The van der Waals surface area contributed by atoms with Crippen LogP contribution in [-0.4, -0.2) is 5.26 Å². The minimum absolute atomic E-state index is 0.762. The van der Waals surface area contributed by atoms with Gasteiger partial charge in [-0.15, -0.1) is 4.99 Å². The molecule has 1 aliphatic rings. The Hall–Kier alpha value is -1.32. The maximum atomic E-state index is 8.25. The van der Waals surface area contributed by atoms with Crippen molar-refractivity contribution in [1.82, 2.24) is 0 Å². The summed E-state index contributed by atoms with van der Waals surface area (Å²) in [6, 6.07) is 5.92. The van der Waals surface area contributed by atoms with Crippen LogP contribution in [0.3, 0.4) is 0 Å². The summed E-state index contributed by atoms with van der Waals surface area (Å²) in [6.07, 6.45) is 7.74. The van der Waals surface area contributed by atoms with Crippen LogP contribution >= 0.6 is 0 Å². The molecule has 0 saturated carbocycles. The van der Waals surface area contributed by atoms with Crippen molar-refractivity contribution in [1.29, 1.82) is 0 Å². The molecule has 74 valence electrons. The third-order valence-electron chi connectivity index (χ3n) is 2.42. The number of hydrogen-bond acceptors (Lipinski definition) is 3. The Morgan fingerprint density at radius 2 is 2.29 bits per heavy atom. The maximum Gasteiger partial charge on any atom is 0.0640 e. The molecule has 0 radical (unpaired) electrons. The highest BCUT2D eigenvalue weighted by molar-refractivity contribution is 5.61. The maximum absolute atomic E-state index is 8.25. The van der Waals surface area contributed by atoms with E-state index >= 15 is 0 Å². The van der Waals surface area contributed by atoms with Crippen molar-refractivity contribution < 1.29 is 10.2 Å². The van der Waals surface area contributed by atoms with Crippen LogP contribution in [0.4, 0.5) is 5.69 Å². The Bertz CT molecular complexity index is 347. The Morgan fingerprint density at radius 1 is 1.36 bits per heavy atom. The molecule has 0 fully saturated rings. The number of nitrogens with one attached hydrogen (secondary N) is 1. The fourth-order valence-electron chi connectivity index (χ4n) is 1.71. The lowest BCUT2D eigenvalue weighted by atomic mass is 10.0. The summed E-state index contributed by atoms with van der Waals surface area (Å²) in [7, 11) is 0. The van der Waals surface area contributed by atoms with E-state index < -0.39 is 0 Å². The van der Waals surface area contributed by atoms with Gasteiger partial charge in [0.05, 0.1) is 5.69 Å². The monoisotopic (exact) mass is 191 g/mol. The van der Waals surface area contributed by atoms with Crippen LogP contribution in [0.5, 0.6) is 0 Å². The average Bonchev–Trinajstić information content (AvgIpc) is 2.42. The summed E-state index contributed by atoms with van der Waals surface area (Å²) in [6.45, 7) is 0. The SMILES string of the molecule is OONc1ccc2c(c1)C=CCCC2. The molecule has 3 nitrogen and oxygen atoms in total. The quantitative estimate of drug-likeness (QED) is 0.558. The van der Waals surface area contributed by atoms with Gasteiger partial charge >= 0.3 is 0 Å². The van der Waals surface area contributed by atoms with Crippen LogP contribution in [0.2, 0.25) is 0 Å². The number of anilines is 1. The van der Waals surface area contributed by atoms with Crippen LogP contribution in [0.25, 0.3) is 6.08 Å². The second-order valence-electron chi connectivity index (χ2n) is 3.40. The summed E-state index contributed by atoms with van der Waals surface area (Å²) >= 11 is 0. The molecule has 1 aliphatic carbocycles. The Labute approximate surface area is 82.9 Å². The lowest BCUT2D eigenvalue weighted by molar-refractivity contribution is -0.215. The second-order valence-corrected chi connectivity index (χ2v) is 3.40. The molecule has 0 spiro atoms. The van der Waals surface area contributed by atoms with Gasteiger partial charge in [-0.25, -0.2) is 10.7 Å². The van der Waals surface area contributed by atoms with Crippen molar-refractivity contribution in [2.45, 2.75) is 19.3 Å². The highest BCUT2D eigenvalue weighted by Gasteiger charge is 2.04. The van der Waals surface area contributed by atoms with E-state index in [1.54, 1.807) is 0 Å². The van der Waals surface area contributed by atoms with Gasteiger partial charge in [-0.3, -0.25) is 0 Å². The Morgan fingerprint density at radius 3 is 3.14 bits per heavy atom. The van der Waals surface area contributed by atoms with Gasteiger partial charge in [0.25, 0.3) is 0 Å². The van der Waals surface area contributed by atoms with Gasteiger partial charge in [-0.05, 0) is 42.5 Å². The first-order valence-corrected chi connectivity index (χ1v) is 4.76. The zero-order valence-electron chi connectivity index (χ0n) is 7.86. The summed E-state index contributed by atoms with van der Waals surface area (Å²) in [5, 5.41) is 8.25.